The zero-order chi connectivity index (χ0) is 13.8. The van der Waals surface area contributed by atoms with Crippen LogP contribution in [0.2, 0.25) is 5.28 Å². The van der Waals surface area contributed by atoms with Gasteiger partial charge in [0.05, 0.1) is 6.10 Å². The molecule has 2 rings (SSSR count). The van der Waals surface area contributed by atoms with Crippen molar-refractivity contribution in [3.63, 3.8) is 0 Å². The van der Waals surface area contributed by atoms with Crippen LogP contribution in [-0.2, 0) is 0 Å². The minimum atomic E-state index is -0.0513. The van der Waals surface area contributed by atoms with Gasteiger partial charge in [-0.15, -0.1) is 4.98 Å². The third kappa shape index (κ3) is 4.46. The molecular formula is C12H11ClIN3O2. The topological polar surface area (TPSA) is 57.1 Å². The van der Waals surface area contributed by atoms with E-state index in [1.807, 2.05) is 38.1 Å². The van der Waals surface area contributed by atoms with Crippen LogP contribution >= 0.6 is 34.2 Å². The summed E-state index contributed by atoms with van der Waals surface area (Å²) in [7, 11) is 0. The van der Waals surface area contributed by atoms with Crippen molar-refractivity contribution < 1.29 is 9.47 Å². The molecule has 1 aromatic heterocycles. The van der Waals surface area contributed by atoms with Gasteiger partial charge in [-0.3, -0.25) is 0 Å². The monoisotopic (exact) mass is 391 g/mol. The predicted molar refractivity (Wildman–Crippen MR) is 79.8 cm³/mol. The molecule has 0 saturated heterocycles. The van der Waals surface area contributed by atoms with Gasteiger partial charge >= 0.3 is 12.0 Å². The predicted octanol–water partition coefficient (Wildman–Crippen LogP) is 3.71. The van der Waals surface area contributed by atoms with E-state index in [1.165, 1.54) is 0 Å². The van der Waals surface area contributed by atoms with Crippen molar-refractivity contribution >= 4 is 34.2 Å². The first-order valence-corrected chi connectivity index (χ1v) is 7.00. The fourth-order valence-corrected chi connectivity index (χ4v) is 1.74. The summed E-state index contributed by atoms with van der Waals surface area (Å²) in [5, 5.41) is 0.0335. The number of aromatic nitrogens is 3. The molecule has 19 heavy (non-hydrogen) atoms. The lowest BCUT2D eigenvalue weighted by molar-refractivity contribution is 0.218. The fourth-order valence-electron chi connectivity index (χ4n) is 1.23. The molecule has 0 bridgehead atoms. The first-order chi connectivity index (χ1) is 9.02. The Morgan fingerprint density at radius 3 is 2.32 bits per heavy atom. The van der Waals surface area contributed by atoms with Gasteiger partial charge in [0.1, 0.15) is 5.75 Å². The van der Waals surface area contributed by atoms with E-state index in [4.69, 9.17) is 21.1 Å². The Kier molecular flexibility index (Phi) is 4.76. The smallest absolute Gasteiger partial charge is 0.329 e. The Labute approximate surface area is 129 Å². The van der Waals surface area contributed by atoms with Crippen LogP contribution in [0.25, 0.3) is 0 Å². The minimum Gasteiger partial charge on any atom is -0.461 e. The van der Waals surface area contributed by atoms with Crippen molar-refractivity contribution in [2.45, 2.75) is 20.0 Å². The van der Waals surface area contributed by atoms with Crippen molar-refractivity contribution in [1.29, 1.82) is 0 Å². The molecule has 1 aromatic carbocycles. The van der Waals surface area contributed by atoms with Crippen LogP contribution in [0.5, 0.6) is 17.8 Å². The van der Waals surface area contributed by atoms with Gasteiger partial charge in [-0.2, -0.15) is 9.97 Å². The summed E-state index contributed by atoms with van der Waals surface area (Å²) in [6, 6.07) is 7.74. The third-order valence-corrected chi connectivity index (χ3v) is 2.82. The molecule has 0 unspecified atom stereocenters. The highest BCUT2D eigenvalue weighted by Gasteiger charge is 2.09. The van der Waals surface area contributed by atoms with E-state index < -0.39 is 0 Å². The van der Waals surface area contributed by atoms with E-state index in [2.05, 4.69) is 37.5 Å². The largest absolute Gasteiger partial charge is 0.461 e. The lowest BCUT2D eigenvalue weighted by atomic mass is 10.3. The van der Waals surface area contributed by atoms with Crippen molar-refractivity contribution in [3.05, 3.63) is 33.1 Å². The zero-order valence-corrected chi connectivity index (χ0v) is 13.2. The molecule has 5 nitrogen and oxygen atoms in total. The fraction of sp³-hybridized carbons (Fsp3) is 0.250. The van der Waals surface area contributed by atoms with E-state index >= 15 is 0 Å². The molecule has 0 spiro atoms. The summed E-state index contributed by atoms with van der Waals surface area (Å²) >= 11 is 8.01. The van der Waals surface area contributed by atoms with Crippen molar-refractivity contribution in [2.75, 3.05) is 0 Å². The summed E-state index contributed by atoms with van der Waals surface area (Å²) in [6.07, 6.45) is -0.0513. The number of nitrogens with zero attached hydrogens (tertiary/aromatic N) is 3. The molecule has 7 heteroatoms. The van der Waals surface area contributed by atoms with Gasteiger partial charge in [-0.05, 0) is 72.3 Å². The SMILES string of the molecule is CC(C)Oc1nc(Cl)nc(Oc2ccc(I)cc2)n1. The number of rotatable bonds is 4. The summed E-state index contributed by atoms with van der Waals surface area (Å²) < 4.78 is 12.0. The van der Waals surface area contributed by atoms with Crippen LogP contribution in [0.4, 0.5) is 0 Å². The van der Waals surface area contributed by atoms with Crippen LogP contribution in [0, 0.1) is 3.57 Å². The van der Waals surface area contributed by atoms with E-state index in [9.17, 15) is 0 Å². The van der Waals surface area contributed by atoms with Gasteiger partial charge < -0.3 is 9.47 Å². The molecule has 0 amide bonds. The standard InChI is InChI=1S/C12H11ClIN3O2/c1-7(2)18-11-15-10(13)16-12(17-11)19-9-5-3-8(14)4-6-9/h3-7H,1-2H3. The van der Waals surface area contributed by atoms with Crippen LogP contribution < -0.4 is 9.47 Å². The molecular weight excluding hydrogens is 381 g/mol. The van der Waals surface area contributed by atoms with Gasteiger partial charge in [0.15, 0.2) is 0 Å². The summed E-state index contributed by atoms with van der Waals surface area (Å²) in [5.74, 6) is 0.623. The molecule has 0 saturated carbocycles. The van der Waals surface area contributed by atoms with Crippen molar-refractivity contribution in [3.8, 4) is 17.8 Å². The molecule has 2 aromatic rings. The maximum absolute atomic E-state index is 5.80. The Hall–Kier alpha value is -1.15. The average molecular weight is 392 g/mol. The molecule has 0 N–H and O–H groups in total. The second-order valence-electron chi connectivity index (χ2n) is 3.89. The molecule has 0 atom stereocenters. The highest BCUT2D eigenvalue weighted by atomic mass is 127. The lowest BCUT2D eigenvalue weighted by Gasteiger charge is -2.09. The Morgan fingerprint density at radius 1 is 1.05 bits per heavy atom. The quantitative estimate of drug-likeness (QED) is 0.744. The first-order valence-electron chi connectivity index (χ1n) is 5.54. The van der Waals surface area contributed by atoms with Gasteiger partial charge in [-0.1, -0.05) is 0 Å². The second kappa shape index (κ2) is 6.33. The Bertz CT molecular complexity index is 563. The molecule has 0 radical (unpaired) electrons. The number of halogens is 2. The van der Waals surface area contributed by atoms with E-state index in [0.29, 0.717) is 5.75 Å². The number of benzene rings is 1. The van der Waals surface area contributed by atoms with Gasteiger partial charge in [0.25, 0.3) is 0 Å². The summed E-state index contributed by atoms with van der Waals surface area (Å²) in [6.45, 7) is 3.74. The van der Waals surface area contributed by atoms with Crippen LogP contribution in [0.3, 0.4) is 0 Å². The summed E-state index contributed by atoms with van der Waals surface area (Å²) in [4.78, 5) is 11.8. The highest BCUT2D eigenvalue weighted by molar-refractivity contribution is 14.1. The van der Waals surface area contributed by atoms with Crippen LogP contribution in [0.1, 0.15) is 13.8 Å². The number of hydrogen-bond donors (Lipinski definition) is 0. The average Bonchev–Trinajstić information content (AvgIpc) is 2.30. The molecule has 0 fully saturated rings. The molecule has 1 heterocycles. The van der Waals surface area contributed by atoms with Crippen molar-refractivity contribution in [2.24, 2.45) is 0 Å². The Balaban J connectivity index is 2.19. The normalized spacial score (nSPS) is 10.6. The first kappa shape index (κ1) is 14.3. The third-order valence-electron chi connectivity index (χ3n) is 1.93. The van der Waals surface area contributed by atoms with Gasteiger partial charge in [-0.25, -0.2) is 0 Å². The van der Waals surface area contributed by atoms with E-state index in [0.717, 1.165) is 3.57 Å². The zero-order valence-electron chi connectivity index (χ0n) is 10.3. The van der Waals surface area contributed by atoms with E-state index in [1.54, 1.807) is 0 Å². The molecule has 0 aliphatic heterocycles. The Morgan fingerprint density at radius 2 is 1.68 bits per heavy atom. The maximum atomic E-state index is 5.80. The van der Waals surface area contributed by atoms with Crippen LogP contribution in [0.15, 0.2) is 24.3 Å². The second-order valence-corrected chi connectivity index (χ2v) is 5.48. The number of hydrogen-bond acceptors (Lipinski definition) is 5. The highest BCUT2D eigenvalue weighted by Crippen LogP contribution is 2.21. The minimum absolute atomic E-state index is 0.0335. The van der Waals surface area contributed by atoms with E-state index in [-0.39, 0.29) is 23.4 Å². The van der Waals surface area contributed by atoms with Gasteiger partial charge in [0, 0.05) is 3.57 Å². The van der Waals surface area contributed by atoms with Crippen molar-refractivity contribution in [1.82, 2.24) is 15.0 Å². The summed E-state index contributed by atoms with van der Waals surface area (Å²) in [5.41, 5.74) is 0. The molecule has 100 valence electrons. The van der Waals surface area contributed by atoms with Crippen LogP contribution in [-0.4, -0.2) is 21.1 Å². The molecule has 0 aliphatic rings. The lowest BCUT2D eigenvalue weighted by Crippen LogP contribution is -2.09. The molecule has 0 aliphatic carbocycles. The maximum Gasteiger partial charge on any atom is 0.329 e. The van der Waals surface area contributed by atoms with Gasteiger partial charge in [0.2, 0.25) is 5.28 Å². The number of ether oxygens (including phenoxy) is 2.